The molecular weight excluding hydrogens is 396 g/mol. The summed E-state index contributed by atoms with van der Waals surface area (Å²) in [7, 11) is 1.75. The highest BCUT2D eigenvalue weighted by molar-refractivity contribution is 7.07. The van der Waals surface area contributed by atoms with Gasteiger partial charge in [0.1, 0.15) is 17.9 Å². The zero-order valence-electron chi connectivity index (χ0n) is 17.4. The summed E-state index contributed by atoms with van der Waals surface area (Å²) < 4.78 is 2.15. The zero-order chi connectivity index (χ0) is 21.2. The monoisotopic (exact) mass is 418 g/mol. The van der Waals surface area contributed by atoms with Crippen molar-refractivity contribution in [2.45, 2.75) is 27.4 Å². The van der Waals surface area contributed by atoms with E-state index >= 15 is 0 Å². The minimum absolute atomic E-state index is 0.141. The minimum Gasteiger partial charge on any atom is -0.334 e. The highest BCUT2D eigenvalue weighted by Crippen LogP contribution is 2.34. The Kier molecular flexibility index (Phi) is 4.18. The Hall–Kier alpha value is -3.19. The molecule has 0 radical (unpaired) electrons. The Balaban J connectivity index is 1.67. The van der Waals surface area contributed by atoms with Gasteiger partial charge in [-0.15, -0.1) is 0 Å². The average Bonchev–Trinajstić information content (AvgIpc) is 3.14. The van der Waals surface area contributed by atoms with Crippen molar-refractivity contribution < 1.29 is 4.79 Å². The van der Waals surface area contributed by atoms with Crippen molar-refractivity contribution >= 4 is 34.2 Å². The molecule has 7 heteroatoms. The standard InChI is InChI=1S/C23H22N4O2S/c1-13-5-6-18-17(10-13)19(21(28)25(18)4)20-22(29)27-12-26(11-24-23(27)30-20)16-8-14(2)7-15(3)9-16/h5-10H,11-12H2,1-4H3. The molecule has 2 aliphatic rings. The highest BCUT2D eigenvalue weighted by atomic mass is 32.1. The smallest absolute Gasteiger partial charge is 0.272 e. The number of nitrogens with zero attached hydrogens (tertiary/aromatic N) is 4. The lowest BCUT2D eigenvalue weighted by atomic mass is 10.1. The van der Waals surface area contributed by atoms with Crippen LogP contribution in [0.5, 0.6) is 0 Å². The molecule has 0 atom stereocenters. The van der Waals surface area contributed by atoms with Gasteiger partial charge < -0.3 is 9.80 Å². The van der Waals surface area contributed by atoms with Crippen LogP contribution in [0.25, 0.3) is 5.57 Å². The van der Waals surface area contributed by atoms with Crippen LogP contribution in [0.3, 0.4) is 0 Å². The third-order valence-corrected chi connectivity index (χ3v) is 6.77. The minimum atomic E-state index is -0.154. The van der Waals surface area contributed by atoms with Crippen molar-refractivity contribution in [3.8, 4) is 0 Å². The molecule has 2 aliphatic heterocycles. The molecule has 3 aromatic rings. The fraction of sp³-hybridized carbons (Fsp3) is 0.261. The Labute approximate surface area is 178 Å². The molecule has 0 spiro atoms. The number of benzene rings is 2. The molecule has 0 unspecified atom stereocenters. The van der Waals surface area contributed by atoms with Crippen molar-refractivity contribution in [2.24, 2.45) is 4.99 Å². The number of hydrogen-bond acceptors (Lipinski definition) is 5. The van der Waals surface area contributed by atoms with E-state index in [0.29, 0.717) is 28.2 Å². The summed E-state index contributed by atoms with van der Waals surface area (Å²) in [5.74, 6) is -0.141. The van der Waals surface area contributed by atoms with Crippen LogP contribution in [-0.4, -0.2) is 24.2 Å². The Morgan fingerprint density at radius 3 is 2.43 bits per heavy atom. The van der Waals surface area contributed by atoms with E-state index in [2.05, 4.69) is 41.9 Å². The number of rotatable bonds is 1. The van der Waals surface area contributed by atoms with E-state index in [1.807, 2.05) is 25.1 Å². The van der Waals surface area contributed by atoms with Crippen LogP contribution in [-0.2, 0) is 11.5 Å². The molecular formula is C23H22N4O2S. The van der Waals surface area contributed by atoms with Gasteiger partial charge in [-0.1, -0.05) is 29.0 Å². The van der Waals surface area contributed by atoms with Crippen LogP contribution in [0.2, 0.25) is 0 Å². The maximum atomic E-state index is 13.4. The van der Waals surface area contributed by atoms with Crippen LogP contribution in [0.4, 0.5) is 11.4 Å². The van der Waals surface area contributed by atoms with E-state index in [4.69, 9.17) is 0 Å². The van der Waals surface area contributed by atoms with Gasteiger partial charge in [0.15, 0.2) is 4.80 Å². The molecule has 0 aliphatic carbocycles. The SMILES string of the molecule is Cc1cc(C)cc(N2CN=c3sc(=C4C(=O)N(C)c5ccc(C)cc54)c(=O)n3C2)c1. The fourth-order valence-electron chi connectivity index (χ4n) is 4.21. The number of likely N-dealkylation sites (N-methyl/N-ethyl adjacent to an activating group) is 1. The molecule has 1 aromatic heterocycles. The van der Waals surface area contributed by atoms with E-state index in [1.54, 1.807) is 16.5 Å². The van der Waals surface area contributed by atoms with E-state index < -0.39 is 0 Å². The van der Waals surface area contributed by atoms with Gasteiger partial charge >= 0.3 is 0 Å². The third kappa shape index (κ3) is 2.81. The van der Waals surface area contributed by atoms with Gasteiger partial charge in [-0.05, 0) is 56.2 Å². The topological polar surface area (TPSA) is 57.9 Å². The quantitative estimate of drug-likeness (QED) is 0.608. The maximum Gasteiger partial charge on any atom is 0.272 e. The second kappa shape index (κ2) is 6.67. The average molecular weight is 419 g/mol. The van der Waals surface area contributed by atoms with Crippen LogP contribution in [0.15, 0.2) is 46.2 Å². The number of aromatic nitrogens is 1. The number of anilines is 2. The van der Waals surface area contributed by atoms with Crippen molar-refractivity contribution in [3.63, 3.8) is 0 Å². The molecule has 6 nitrogen and oxygen atoms in total. The predicted molar refractivity (Wildman–Crippen MR) is 120 cm³/mol. The van der Waals surface area contributed by atoms with E-state index in [0.717, 1.165) is 22.5 Å². The van der Waals surface area contributed by atoms with Gasteiger partial charge in [0, 0.05) is 18.3 Å². The van der Waals surface area contributed by atoms with Crippen LogP contribution in [0, 0.1) is 20.8 Å². The molecule has 152 valence electrons. The Morgan fingerprint density at radius 2 is 1.70 bits per heavy atom. The first-order valence-corrected chi connectivity index (χ1v) is 10.7. The number of hydrogen-bond donors (Lipinski definition) is 0. The van der Waals surface area contributed by atoms with Gasteiger partial charge in [0.25, 0.3) is 11.5 Å². The summed E-state index contributed by atoms with van der Waals surface area (Å²) in [6.45, 7) is 7.03. The first-order chi connectivity index (χ1) is 14.3. The lowest BCUT2D eigenvalue weighted by Gasteiger charge is -2.26. The van der Waals surface area contributed by atoms with E-state index in [1.165, 1.54) is 22.5 Å². The second-order valence-corrected chi connectivity index (χ2v) is 9.01. The Morgan fingerprint density at radius 1 is 0.967 bits per heavy atom. The van der Waals surface area contributed by atoms with Crippen LogP contribution in [0.1, 0.15) is 22.3 Å². The summed E-state index contributed by atoms with van der Waals surface area (Å²) in [5.41, 5.74) is 6.45. The fourth-order valence-corrected chi connectivity index (χ4v) is 5.26. The van der Waals surface area contributed by atoms with Crippen molar-refractivity contribution in [1.82, 2.24) is 4.57 Å². The van der Waals surface area contributed by atoms with E-state index in [-0.39, 0.29) is 11.5 Å². The first kappa shape index (κ1) is 18.8. The van der Waals surface area contributed by atoms with Gasteiger partial charge in [-0.25, -0.2) is 4.99 Å². The summed E-state index contributed by atoms with van der Waals surface area (Å²) >= 11 is 1.31. The molecule has 0 fully saturated rings. The molecule has 0 saturated carbocycles. The molecule has 0 bridgehead atoms. The molecule has 0 N–H and O–H groups in total. The maximum absolute atomic E-state index is 13.4. The van der Waals surface area contributed by atoms with Crippen LogP contribution < -0.4 is 24.7 Å². The number of aryl methyl sites for hydroxylation is 3. The normalized spacial score (nSPS) is 17.1. The van der Waals surface area contributed by atoms with Crippen LogP contribution >= 0.6 is 11.3 Å². The molecule has 2 aromatic carbocycles. The third-order valence-electron chi connectivity index (χ3n) is 5.65. The number of thiazole rings is 1. The second-order valence-electron chi connectivity index (χ2n) is 8.03. The summed E-state index contributed by atoms with van der Waals surface area (Å²) in [5, 5.41) is 0. The first-order valence-electron chi connectivity index (χ1n) is 9.84. The molecule has 3 heterocycles. The molecule has 30 heavy (non-hydrogen) atoms. The molecule has 5 rings (SSSR count). The molecule has 0 saturated heterocycles. The highest BCUT2D eigenvalue weighted by Gasteiger charge is 2.32. The van der Waals surface area contributed by atoms with Gasteiger partial charge in [-0.3, -0.25) is 14.2 Å². The van der Waals surface area contributed by atoms with E-state index in [9.17, 15) is 9.59 Å². The lowest BCUT2D eigenvalue weighted by molar-refractivity contribution is -0.112. The number of carbonyl (C=O) groups is 1. The van der Waals surface area contributed by atoms with Crippen molar-refractivity contribution in [1.29, 1.82) is 0 Å². The lowest BCUT2D eigenvalue weighted by Crippen LogP contribution is -2.43. The Bertz CT molecular complexity index is 1380. The summed E-state index contributed by atoms with van der Waals surface area (Å²) in [6, 6.07) is 12.2. The number of carbonyl (C=O) groups excluding carboxylic acids is 1. The molecule has 1 amide bonds. The number of amides is 1. The van der Waals surface area contributed by atoms with Gasteiger partial charge in [0.2, 0.25) is 0 Å². The number of fused-ring (bicyclic) bond motifs is 2. The summed E-state index contributed by atoms with van der Waals surface area (Å²) in [6.07, 6.45) is 0. The largest absolute Gasteiger partial charge is 0.334 e. The van der Waals surface area contributed by atoms with Crippen molar-refractivity contribution in [2.75, 3.05) is 23.5 Å². The zero-order valence-corrected chi connectivity index (χ0v) is 18.2. The van der Waals surface area contributed by atoms with Crippen molar-refractivity contribution in [3.05, 3.63) is 78.3 Å². The van der Waals surface area contributed by atoms with Gasteiger partial charge in [0.05, 0.1) is 11.3 Å². The summed E-state index contributed by atoms with van der Waals surface area (Å²) in [4.78, 5) is 35.4. The van der Waals surface area contributed by atoms with Gasteiger partial charge in [-0.2, -0.15) is 0 Å². The predicted octanol–water partition coefficient (Wildman–Crippen LogP) is 2.07.